The second-order valence-electron chi connectivity index (χ2n) is 6.16. The molecule has 2 aromatic rings. The summed E-state index contributed by atoms with van der Waals surface area (Å²) in [5, 5.41) is 0. The topological polar surface area (TPSA) is 21.3 Å². The van der Waals surface area contributed by atoms with Gasteiger partial charge >= 0.3 is 6.18 Å². The van der Waals surface area contributed by atoms with E-state index in [0.29, 0.717) is 11.1 Å². The second-order valence-corrected chi connectivity index (χ2v) is 6.16. The highest BCUT2D eigenvalue weighted by Crippen LogP contribution is 2.41. The van der Waals surface area contributed by atoms with E-state index < -0.39 is 11.7 Å². The maximum Gasteiger partial charge on any atom is 0.416 e. The zero-order valence-electron chi connectivity index (χ0n) is 13.3. The van der Waals surface area contributed by atoms with Crippen LogP contribution >= 0.6 is 0 Å². The van der Waals surface area contributed by atoms with Crippen LogP contribution in [-0.4, -0.2) is 0 Å². The summed E-state index contributed by atoms with van der Waals surface area (Å²) in [6.07, 6.45) is -0.634. The fourth-order valence-corrected chi connectivity index (χ4v) is 3.24. The average molecular weight is 335 g/mol. The van der Waals surface area contributed by atoms with Crippen LogP contribution in [-0.2, 0) is 17.6 Å². The predicted octanol–water partition coefficient (Wildman–Crippen LogP) is 5.91. The smallest absolute Gasteiger partial charge is 0.271 e. The third-order valence-electron chi connectivity index (χ3n) is 4.42. The Balaban J connectivity index is 1.72. The average Bonchev–Trinajstić information content (AvgIpc) is 3.09. The van der Waals surface area contributed by atoms with Gasteiger partial charge < -0.3 is 0 Å². The van der Waals surface area contributed by atoms with E-state index in [1.807, 2.05) is 30.3 Å². The zero-order chi connectivity index (χ0) is 17.0. The summed E-state index contributed by atoms with van der Waals surface area (Å²) in [7, 11) is 0. The minimum atomic E-state index is -4.33. The molecule has 0 aliphatic heterocycles. The van der Waals surface area contributed by atoms with Gasteiger partial charge in [0.25, 0.3) is 0 Å². The Morgan fingerprint density at radius 3 is 2.38 bits per heavy atom. The first-order chi connectivity index (χ1) is 11.5. The molecule has 0 atom stereocenters. The van der Waals surface area contributed by atoms with Crippen molar-refractivity contribution < 1.29 is 18.0 Å². The molecule has 0 saturated heterocycles. The van der Waals surface area contributed by atoms with Crippen LogP contribution in [0.2, 0.25) is 0 Å². The highest BCUT2D eigenvalue weighted by molar-refractivity contribution is 5.40. The molecular weight excluding hydrogens is 315 g/mol. The first-order valence-corrected chi connectivity index (χ1v) is 8.17. The van der Waals surface area contributed by atoms with E-state index in [2.05, 4.69) is 5.48 Å². The van der Waals surface area contributed by atoms with E-state index in [1.54, 1.807) is 12.1 Å². The molecule has 0 amide bonds. The first kappa shape index (κ1) is 16.8. The summed E-state index contributed by atoms with van der Waals surface area (Å²) in [4.78, 5) is 5.32. The van der Waals surface area contributed by atoms with Crippen molar-refractivity contribution in [3.05, 3.63) is 65.2 Å². The molecule has 0 aromatic heterocycles. The molecule has 5 heteroatoms. The second kappa shape index (κ2) is 7.26. The molecule has 1 saturated carbocycles. The van der Waals surface area contributed by atoms with Crippen molar-refractivity contribution in [2.45, 2.75) is 44.4 Å². The summed E-state index contributed by atoms with van der Waals surface area (Å²) in [6.45, 7) is 0.0723. The van der Waals surface area contributed by atoms with Crippen molar-refractivity contribution in [1.29, 1.82) is 0 Å². The van der Waals surface area contributed by atoms with Crippen molar-refractivity contribution in [1.82, 2.24) is 0 Å². The summed E-state index contributed by atoms with van der Waals surface area (Å²) in [6, 6.07) is 13.8. The maximum absolute atomic E-state index is 13.4. The summed E-state index contributed by atoms with van der Waals surface area (Å²) in [5.41, 5.74) is 3.92. The molecule has 0 spiro atoms. The van der Waals surface area contributed by atoms with E-state index in [1.165, 1.54) is 6.07 Å². The minimum Gasteiger partial charge on any atom is -0.271 e. The third-order valence-corrected chi connectivity index (χ3v) is 4.42. The van der Waals surface area contributed by atoms with Crippen LogP contribution in [0.3, 0.4) is 0 Å². The monoisotopic (exact) mass is 335 g/mol. The van der Waals surface area contributed by atoms with Gasteiger partial charge in [-0.3, -0.25) is 10.3 Å². The quantitative estimate of drug-likeness (QED) is 0.686. The number of alkyl halides is 3. The summed E-state index contributed by atoms with van der Waals surface area (Å²) in [5.74, 6) is 0.0269. The Bertz CT molecular complexity index is 664. The minimum absolute atomic E-state index is 0.0269. The molecule has 0 radical (unpaired) electrons. The Morgan fingerprint density at radius 2 is 1.71 bits per heavy atom. The number of halogens is 3. The Labute approximate surface area is 139 Å². The van der Waals surface area contributed by atoms with Crippen LogP contribution in [0, 0.1) is 0 Å². The van der Waals surface area contributed by atoms with Crippen molar-refractivity contribution in [3.63, 3.8) is 0 Å². The summed E-state index contributed by atoms with van der Waals surface area (Å²) < 4.78 is 40.2. The van der Waals surface area contributed by atoms with Gasteiger partial charge in [-0.1, -0.05) is 43.2 Å². The SMILES string of the molecule is FC(F)(F)c1cc(CONc2ccccc2)ccc1C1CCCC1. The Kier molecular flexibility index (Phi) is 5.09. The van der Waals surface area contributed by atoms with Crippen molar-refractivity contribution >= 4 is 5.69 Å². The molecular formula is C19H20F3NO. The maximum atomic E-state index is 13.4. The molecule has 2 nitrogen and oxygen atoms in total. The largest absolute Gasteiger partial charge is 0.416 e. The normalized spacial score (nSPS) is 15.6. The molecule has 128 valence electrons. The van der Waals surface area contributed by atoms with Gasteiger partial charge in [-0.05, 0) is 48.1 Å². The third kappa shape index (κ3) is 4.09. The lowest BCUT2D eigenvalue weighted by molar-refractivity contribution is -0.138. The van der Waals surface area contributed by atoms with Gasteiger partial charge in [0.05, 0.1) is 17.9 Å². The number of nitrogens with one attached hydrogen (secondary N) is 1. The van der Waals surface area contributed by atoms with Gasteiger partial charge in [0.15, 0.2) is 0 Å². The number of hydrogen-bond acceptors (Lipinski definition) is 2. The number of hydrogen-bond donors (Lipinski definition) is 1. The molecule has 0 bridgehead atoms. The van der Waals surface area contributed by atoms with Gasteiger partial charge in [0.1, 0.15) is 0 Å². The number of rotatable bonds is 5. The van der Waals surface area contributed by atoms with Gasteiger partial charge in [-0.25, -0.2) is 0 Å². The molecule has 1 aliphatic rings. The van der Waals surface area contributed by atoms with Crippen molar-refractivity contribution in [3.8, 4) is 0 Å². The Hall–Kier alpha value is -2.01. The van der Waals surface area contributed by atoms with E-state index >= 15 is 0 Å². The lowest BCUT2D eigenvalue weighted by Gasteiger charge is -2.19. The Morgan fingerprint density at radius 1 is 1.00 bits per heavy atom. The van der Waals surface area contributed by atoms with E-state index in [9.17, 15) is 13.2 Å². The van der Waals surface area contributed by atoms with E-state index in [-0.39, 0.29) is 12.5 Å². The fourth-order valence-electron chi connectivity index (χ4n) is 3.24. The van der Waals surface area contributed by atoms with Crippen molar-refractivity contribution in [2.24, 2.45) is 0 Å². The molecule has 1 aliphatic carbocycles. The van der Waals surface area contributed by atoms with Crippen LogP contribution in [0.1, 0.15) is 48.3 Å². The van der Waals surface area contributed by atoms with Gasteiger partial charge in [0.2, 0.25) is 0 Å². The summed E-state index contributed by atoms with van der Waals surface area (Å²) >= 11 is 0. The molecule has 1 fully saturated rings. The van der Waals surface area contributed by atoms with Gasteiger partial charge in [-0.2, -0.15) is 13.2 Å². The van der Waals surface area contributed by atoms with Gasteiger partial charge in [-0.15, -0.1) is 0 Å². The lowest BCUT2D eigenvalue weighted by atomic mass is 9.91. The first-order valence-electron chi connectivity index (χ1n) is 8.17. The van der Waals surface area contributed by atoms with Crippen LogP contribution < -0.4 is 5.48 Å². The highest BCUT2D eigenvalue weighted by Gasteiger charge is 2.36. The fraction of sp³-hybridized carbons (Fsp3) is 0.368. The molecule has 24 heavy (non-hydrogen) atoms. The molecule has 3 rings (SSSR count). The molecule has 0 unspecified atom stereocenters. The predicted molar refractivity (Wildman–Crippen MR) is 87.5 cm³/mol. The molecule has 2 aromatic carbocycles. The molecule has 0 heterocycles. The van der Waals surface area contributed by atoms with E-state index in [0.717, 1.165) is 31.4 Å². The number of anilines is 1. The number of benzene rings is 2. The van der Waals surface area contributed by atoms with Gasteiger partial charge in [0, 0.05) is 0 Å². The van der Waals surface area contributed by atoms with Crippen molar-refractivity contribution in [2.75, 3.05) is 5.48 Å². The zero-order valence-corrected chi connectivity index (χ0v) is 13.3. The van der Waals surface area contributed by atoms with Crippen LogP contribution in [0.25, 0.3) is 0 Å². The standard InChI is InChI=1S/C19H20F3NO/c20-19(21,22)18-12-14(10-11-17(18)15-6-4-5-7-15)13-24-23-16-8-2-1-3-9-16/h1-3,8-12,15,23H,4-7,13H2. The number of para-hydroxylation sites is 1. The van der Waals surface area contributed by atoms with Crippen LogP contribution in [0.15, 0.2) is 48.5 Å². The van der Waals surface area contributed by atoms with Crippen LogP contribution in [0.4, 0.5) is 18.9 Å². The van der Waals surface area contributed by atoms with E-state index in [4.69, 9.17) is 4.84 Å². The lowest BCUT2D eigenvalue weighted by Crippen LogP contribution is -2.12. The van der Waals surface area contributed by atoms with Crippen LogP contribution in [0.5, 0.6) is 0 Å². The molecule has 1 N–H and O–H groups in total. The highest BCUT2D eigenvalue weighted by atomic mass is 19.4.